The topological polar surface area (TPSA) is 78.9 Å². The van der Waals surface area contributed by atoms with Gasteiger partial charge in [-0.15, -0.1) is 0 Å². The number of ether oxygens (including phenoxy) is 3. The molecular weight excluding hydrogens is 853 g/mol. The van der Waals surface area contributed by atoms with E-state index in [1.54, 1.807) is 0 Å². The van der Waals surface area contributed by atoms with Crippen molar-refractivity contribution in [1.29, 1.82) is 0 Å². The van der Waals surface area contributed by atoms with Crippen molar-refractivity contribution in [3.63, 3.8) is 0 Å². The lowest BCUT2D eigenvalue weighted by Gasteiger charge is -2.18. The minimum absolute atomic E-state index is 0.0794. The highest BCUT2D eigenvalue weighted by atomic mass is 16.6. The molecule has 0 N–H and O–H groups in total. The van der Waals surface area contributed by atoms with Crippen molar-refractivity contribution in [1.82, 2.24) is 0 Å². The van der Waals surface area contributed by atoms with Crippen molar-refractivity contribution < 1.29 is 28.6 Å². The van der Waals surface area contributed by atoms with Crippen molar-refractivity contribution in [2.75, 3.05) is 13.2 Å². The molecule has 1 unspecified atom stereocenters. The van der Waals surface area contributed by atoms with Crippen LogP contribution in [0.3, 0.4) is 0 Å². The zero-order valence-corrected chi connectivity index (χ0v) is 45.8. The predicted molar refractivity (Wildman–Crippen MR) is 298 cm³/mol. The second-order valence-electron chi connectivity index (χ2n) is 19.9. The van der Waals surface area contributed by atoms with Crippen LogP contribution in [-0.4, -0.2) is 37.2 Å². The molecule has 0 spiro atoms. The predicted octanol–water partition coefficient (Wildman–Crippen LogP) is 20.0. The summed E-state index contributed by atoms with van der Waals surface area (Å²) in [5, 5.41) is 0. The average Bonchev–Trinajstić information content (AvgIpc) is 3.35. The smallest absolute Gasteiger partial charge is 0.306 e. The summed E-state index contributed by atoms with van der Waals surface area (Å²) in [6.07, 6.45) is 72.1. The fourth-order valence-corrected chi connectivity index (χ4v) is 8.48. The first-order valence-electron chi connectivity index (χ1n) is 29.8. The average molecular weight is 966 g/mol. The van der Waals surface area contributed by atoms with Crippen LogP contribution in [0.4, 0.5) is 0 Å². The van der Waals surface area contributed by atoms with Crippen LogP contribution < -0.4 is 0 Å². The SMILES string of the molecule is CCCCCC/C=C\C/C=C\CCCCCCCCCC(=O)OC(COC(=O)CCCCCCCC/C=C\C/C=C\C/C=C\CCCCCCC)COC(=O)CCCCCCCCCCCCCC. The van der Waals surface area contributed by atoms with Gasteiger partial charge in [0.2, 0.25) is 0 Å². The summed E-state index contributed by atoms with van der Waals surface area (Å²) in [5.41, 5.74) is 0. The molecule has 0 rings (SSSR count). The molecule has 0 aliphatic carbocycles. The Labute approximate surface area is 428 Å². The molecule has 0 aromatic heterocycles. The number of carbonyl (C=O) groups is 3. The molecule has 0 saturated carbocycles. The Balaban J connectivity index is 4.37. The maximum atomic E-state index is 12.9. The largest absolute Gasteiger partial charge is 0.462 e. The van der Waals surface area contributed by atoms with Gasteiger partial charge in [-0.3, -0.25) is 14.4 Å². The third-order valence-electron chi connectivity index (χ3n) is 13.0. The van der Waals surface area contributed by atoms with Gasteiger partial charge in [0.05, 0.1) is 0 Å². The number of rotatable bonds is 54. The zero-order chi connectivity index (χ0) is 50.0. The van der Waals surface area contributed by atoms with E-state index in [0.717, 1.165) is 89.9 Å². The van der Waals surface area contributed by atoms with Gasteiger partial charge in [0.15, 0.2) is 6.10 Å². The van der Waals surface area contributed by atoms with E-state index in [9.17, 15) is 14.4 Å². The van der Waals surface area contributed by atoms with Gasteiger partial charge in [-0.1, -0.05) is 255 Å². The normalized spacial score (nSPS) is 12.4. The van der Waals surface area contributed by atoms with Crippen LogP contribution in [0.25, 0.3) is 0 Å². The molecule has 400 valence electrons. The standard InChI is InChI=1S/C63H112O6/c1-4-7-10-13-16-19-22-25-27-29-31-32-33-35-36-38-41-44-47-50-53-56-62(65)68-59-60(58-67-61(64)55-52-49-46-43-40-24-21-18-15-12-9-6-3)69-63(66)57-54-51-48-45-42-39-37-34-30-28-26-23-20-17-14-11-8-5-2/h20,22-23,25,28-31,33,35,60H,4-19,21,24,26-27,32,34,36-59H2,1-3H3/b23-20-,25-22-,30-28-,31-29-,35-33-. The summed E-state index contributed by atoms with van der Waals surface area (Å²) < 4.78 is 16.9. The van der Waals surface area contributed by atoms with Gasteiger partial charge in [0.25, 0.3) is 0 Å². The Hall–Kier alpha value is -2.89. The zero-order valence-electron chi connectivity index (χ0n) is 45.8. The maximum absolute atomic E-state index is 12.9. The molecule has 1 atom stereocenters. The van der Waals surface area contributed by atoms with Crippen molar-refractivity contribution in [3.8, 4) is 0 Å². The highest BCUT2D eigenvalue weighted by Gasteiger charge is 2.19. The fourth-order valence-electron chi connectivity index (χ4n) is 8.48. The summed E-state index contributed by atoms with van der Waals surface area (Å²) in [4.78, 5) is 38.2. The van der Waals surface area contributed by atoms with Gasteiger partial charge in [0, 0.05) is 19.3 Å². The van der Waals surface area contributed by atoms with Crippen LogP contribution in [0.2, 0.25) is 0 Å². The van der Waals surface area contributed by atoms with E-state index in [2.05, 4.69) is 81.5 Å². The molecule has 0 aromatic carbocycles. The van der Waals surface area contributed by atoms with Crippen LogP contribution in [0.5, 0.6) is 0 Å². The third-order valence-corrected chi connectivity index (χ3v) is 13.0. The van der Waals surface area contributed by atoms with Gasteiger partial charge in [-0.25, -0.2) is 0 Å². The molecule has 0 aliphatic rings. The fraction of sp³-hybridized carbons (Fsp3) is 0.794. The van der Waals surface area contributed by atoms with E-state index < -0.39 is 6.10 Å². The molecule has 0 amide bonds. The maximum Gasteiger partial charge on any atom is 0.306 e. The van der Waals surface area contributed by atoms with Crippen LogP contribution in [0.15, 0.2) is 60.8 Å². The van der Waals surface area contributed by atoms with Crippen molar-refractivity contribution in [3.05, 3.63) is 60.8 Å². The first kappa shape index (κ1) is 66.1. The molecule has 0 bridgehead atoms. The summed E-state index contributed by atoms with van der Waals surface area (Å²) in [6, 6.07) is 0. The first-order chi connectivity index (χ1) is 34.0. The second kappa shape index (κ2) is 57.7. The van der Waals surface area contributed by atoms with Gasteiger partial charge >= 0.3 is 17.9 Å². The number of allylic oxidation sites excluding steroid dienone is 10. The third kappa shape index (κ3) is 55.9. The van der Waals surface area contributed by atoms with E-state index >= 15 is 0 Å². The van der Waals surface area contributed by atoms with Crippen LogP contribution in [0, 0.1) is 0 Å². The Morgan fingerprint density at radius 1 is 0.290 bits per heavy atom. The van der Waals surface area contributed by atoms with E-state index in [1.165, 1.54) is 173 Å². The molecule has 0 aromatic rings. The quantitative estimate of drug-likeness (QED) is 0.0262. The molecule has 0 radical (unpaired) electrons. The summed E-state index contributed by atoms with van der Waals surface area (Å²) in [5.74, 6) is -0.888. The van der Waals surface area contributed by atoms with Crippen LogP contribution >= 0.6 is 0 Å². The van der Waals surface area contributed by atoms with Crippen molar-refractivity contribution in [2.45, 2.75) is 309 Å². The first-order valence-corrected chi connectivity index (χ1v) is 29.8. The lowest BCUT2D eigenvalue weighted by molar-refractivity contribution is -0.167. The molecule has 0 heterocycles. The van der Waals surface area contributed by atoms with Crippen LogP contribution in [-0.2, 0) is 28.6 Å². The number of esters is 3. The van der Waals surface area contributed by atoms with Gasteiger partial charge in [-0.2, -0.15) is 0 Å². The minimum atomic E-state index is -0.782. The molecule has 0 saturated heterocycles. The number of hydrogen-bond donors (Lipinski definition) is 0. The summed E-state index contributed by atoms with van der Waals surface area (Å²) in [6.45, 7) is 6.62. The monoisotopic (exact) mass is 965 g/mol. The molecule has 0 aliphatic heterocycles. The van der Waals surface area contributed by atoms with E-state index in [1.807, 2.05) is 0 Å². The van der Waals surface area contributed by atoms with E-state index in [-0.39, 0.29) is 31.1 Å². The number of hydrogen-bond acceptors (Lipinski definition) is 6. The van der Waals surface area contributed by atoms with Gasteiger partial charge in [-0.05, 0) is 89.9 Å². The molecular formula is C63H112O6. The molecule has 0 fully saturated rings. The van der Waals surface area contributed by atoms with E-state index in [4.69, 9.17) is 14.2 Å². The van der Waals surface area contributed by atoms with Crippen molar-refractivity contribution >= 4 is 17.9 Å². The highest BCUT2D eigenvalue weighted by molar-refractivity contribution is 5.71. The van der Waals surface area contributed by atoms with Crippen molar-refractivity contribution in [2.24, 2.45) is 0 Å². The Kier molecular flexibility index (Phi) is 55.3. The Morgan fingerprint density at radius 2 is 0.522 bits per heavy atom. The van der Waals surface area contributed by atoms with E-state index in [0.29, 0.717) is 19.3 Å². The lowest BCUT2D eigenvalue weighted by Crippen LogP contribution is -2.30. The van der Waals surface area contributed by atoms with Gasteiger partial charge in [0.1, 0.15) is 13.2 Å². The second-order valence-corrected chi connectivity index (χ2v) is 19.9. The summed E-state index contributed by atoms with van der Waals surface area (Å²) in [7, 11) is 0. The Bertz CT molecular complexity index is 1250. The molecule has 6 nitrogen and oxygen atoms in total. The minimum Gasteiger partial charge on any atom is -0.462 e. The lowest BCUT2D eigenvalue weighted by atomic mass is 10.0. The summed E-state index contributed by atoms with van der Waals surface area (Å²) >= 11 is 0. The highest BCUT2D eigenvalue weighted by Crippen LogP contribution is 2.16. The van der Waals surface area contributed by atoms with Crippen LogP contribution in [0.1, 0.15) is 303 Å². The molecule has 69 heavy (non-hydrogen) atoms. The number of carbonyl (C=O) groups excluding carboxylic acids is 3. The van der Waals surface area contributed by atoms with Gasteiger partial charge < -0.3 is 14.2 Å². The Morgan fingerprint density at radius 3 is 0.826 bits per heavy atom. The molecule has 6 heteroatoms. The number of unbranched alkanes of at least 4 members (excludes halogenated alkanes) is 33.